The summed E-state index contributed by atoms with van der Waals surface area (Å²) in [5, 5.41) is 10.9. The Balaban J connectivity index is 1.91. The lowest BCUT2D eigenvalue weighted by atomic mass is 10.1. The summed E-state index contributed by atoms with van der Waals surface area (Å²) in [5.41, 5.74) is 3.65. The fourth-order valence-corrected chi connectivity index (χ4v) is 4.84. The Hall–Kier alpha value is -2.35. The van der Waals surface area contributed by atoms with Gasteiger partial charge in [0.2, 0.25) is 10.0 Å². The van der Waals surface area contributed by atoms with Gasteiger partial charge >= 0.3 is 0 Å². The van der Waals surface area contributed by atoms with Crippen LogP contribution >= 0.6 is 0 Å². The molecule has 0 aliphatic carbocycles. The Morgan fingerprint density at radius 3 is 2.68 bits per heavy atom. The first-order valence-electron chi connectivity index (χ1n) is 9.44. The van der Waals surface area contributed by atoms with E-state index in [9.17, 15) is 13.5 Å². The predicted octanol–water partition coefficient (Wildman–Crippen LogP) is 3.05. The van der Waals surface area contributed by atoms with Gasteiger partial charge in [0.1, 0.15) is 0 Å². The largest absolute Gasteiger partial charge is 0.394 e. The number of H-pyrrole nitrogens is 1. The Kier molecular flexibility index (Phi) is 4.91. The fraction of sp³-hybridized carbons (Fsp3) is 0.333. The normalized spacial score (nSPS) is 17.7. The van der Waals surface area contributed by atoms with Crippen LogP contribution in [0.25, 0.3) is 22.2 Å². The molecular weight excluding hydrogens is 374 g/mol. The van der Waals surface area contributed by atoms with Crippen molar-refractivity contribution in [3.63, 3.8) is 0 Å². The van der Waals surface area contributed by atoms with Gasteiger partial charge in [0, 0.05) is 48.5 Å². The zero-order valence-corrected chi connectivity index (χ0v) is 16.9. The lowest BCUT2D eigenvalue weighted by Crippen LogP contribution is -2.32. The molecule has 7 heteroatoms. The first-order chi connectivity index (χ1) is 13.4. The van der Waals surface area contributed by atoms with E-state index in [1.54, 1.807) is 12.1 Å². The highest BCUT2D eigenvalue weighted by molar-refractivity contribution is 7.89. The minimum absolute atomic E-state index is 0.0550. The molecule has 0 amide bonds. The third-order valence-corrected chi connectivity index (χ3v) is 7.28. The van der Waals surface area contributed by atoms with Crippen molar-refractivity contribution in [3.8, 4) is 11.3 Å². The molecule has 2 aromatic carbocycles. The van der Waals surface area contributed by atoms with E-state index in [0.717, 1.165) is 47.2 Å². The number of hydrogen-bond acceptors (Lipinski definition) is 4. The average Bonchev–Trinajstić information content (AvgIpc) is 3.33. The highest BCUT2D eigenvalue weighted by Crippen LogP contribution is 2.37. The molecule has 0 unspecified atom stereocenters. The first kappa shape index (κ1) is 19.0. The number of para-hydroxylation sites is 1. The van der Waals surface area contributed by atoms with Crippen molar-refractivity contribution in [1.82, 2.24) is 9.29 Å². The number of rotatable bonds is 5. The van der Waals surface area contributed by atoms with Gasteiger partial charge < -0.3 is 15.0 Å². The van der Waals surface area contributed by atoms with Crippen molar-refractivity contribution in [3.05, 3.63) is 48.5 Å². The molecule has 3 aromatic rings. The maximum absolute atomic E-state index is 12.7. The Bertz CT molecular complexity index is 1070. The van der Waals surface area contributed by atoms with E-state index in [-0.39, 0.29) is 17.5 Å². The van der Waals surface area contributed by atoms with Crippen molar-refractivity contribution in [1.29, 1.82) is 0 Å². The van der Waals surface area contributed by atoms with E-state index < -0.39 is 10.0 Å². The van der Waals surface area contributed by atoms with E-state index in [0.29, 0.717) is 0 Å². The van der Waals surface area contributed by atoms with Crippen molar-refractivity contribution >= 4 is 26.6 Å². The SMILES string of the molecule is CN(C)S(=O)(=O)c1ccc(N2CCC[C@@H]2CO)c(-c2cc3ccccc3[nH]2)c1. The predicted molar refractivity (Wildman–Crippen MR) is 112 cm³/mol. The number of anilines is 1. The molecule has 4 rings (SSSR count). The highest BCUT2D eigenvalue weighted by atomic mass is 32.2. The monoisotopic (exact) mass is 399 g/mol. The lowest BCUT2D eigenvalue weighted by Gasteiger charge is -2.28. The van der Waals surface area contributed by atoms with Gasteiger partial charge in [-0.1, -0.05) is 18.2 Å². The molecule has 2 N–H and O–H groups in total. The summed E-state index contributed by atoms with van der Waals surface area (Å²) >= 11 is 0. The summed E-state index contributed by atoms with van der Waals surface area (Å²) in [7, 11) is -0.474. The smallest absolute Gasteiger partial charge is 0.242 e. The molecule has 2 heterocycles. The second-order valence-corrected chi connectivity index (χ2v) is 9.56. The Morgan fingerprint density at radius 2 is 1.96 bits per heavy atom. The quantitative estimate of drug-likeness (QED) is 0.691. The molecule has 6 nitrogen and oxygen atoms in total. The van der Waals surface area contributed by atoms with E-state index in [1.165, 1.54) is 18.4 Å². The molecule has 1 saturated heterocycles. The van der Waals surface area contributed by atoms with Crippen LogP contribution in [0.1, 0.15) is 12.8 Å². The number of sulfonamides is 1. The number of fused-ring (bicyclic) bond motifs is 1. The van der Waals surface area contributed by atoms with Gasteiger partial charge in [0.05, 0.1) is 17.5 Å². The third kappa shape index (κ3) is 3.19. The molecule has 0 spiro atoms. The van der Waals surface area contributed by atoms with E-state index >= 15 is 0 Å². The van der Waals surface area contributed by atoms with Gasteiger partial charge in [0.25, 0.3) is 0 Å². The summed E-state index contributed by atoms with van der Waals surface area (Å²) in [6, 6.07) is 15.3. The number of aromatic nitrogens is 1. The van der Waals surface area contributed by atoms with Crippen LogP contribution in [0.3, 0.4) is 0 Å². The average molecular weight is 400 g/mol. The number of nitrogens with zero attached hydrogens (tertiary/aromatic N) is 2. The molecule has 0 saturated carbocycles. The topological polar surface area (TPSA) is 76.6 Å². The maximum atomic E-state index is 12.7. The van der Waals surface area contributed by atoms with Crippen LogP contribution < -0.4 is 4.90 Å². The zero-order valence-electron chi connectivity index (χ0n) is 16.1. The second-order valence-electron chi connectivity index (χ2n) is 7.41. The summed E-state index contributed by atoms with van der Waals surface area (Å²) in [5.74, 6) is 0. The van der Waals surface area contributed by atoms with E-state index in [2.05, 4.69) is 9.88 Å². The molecule has 0 radical (unpaired) electrons. The zero-order chi connectivity index (χ0) is 19.9. The van der Waals surface area contributed by atoms with Crippen LogP contribution in [0, 0.1) is 0 Å². The molecular formula is C21H25N3O3S. The Morgan fingerprint density at radius 1 is 1.18 bits per heavy atom. The molecule has 1 aromatic heterocycles. The van der Waals surface area contributed by atoms with Crippen LogP contribution in [-0.4, -0.2) is 56.1 Å². The van der Waals surface area contributed by atoms with Crippen LogP contribution in [0.15, 0.2) is 53.4 Å². The van der Waals surface area contributed by atoms with Gasteiger partial charge in [-0.25, -0.2) is 12.7 Å². The summed E-state index contributed by atoms with van der Waals surface area (Å²) in [6.07, 6.45) is 1.94. The van der Waals surface area contributed by atoms with Gasteiger partial charge in [-0.3, -0.25) is 0 Å². The van der Waals surface area contributed by atoms with Crippen LogP contribution in [0.2, 0.25) is 0 Å². The number of hydrogen-bond donors (Lipinski definition) is 2. The van der Waals surface area contributed by atoms with Crippen molar-refractivity contribution < 1.29 is 13.5 Å². The number of aromatic amines is 1. The number of nitrogens with one attached hydrogen (secondary N) is 1. The van der Waals surface area contributed by atoms with E-state index in [4.69, 9.17) is 0 Å². The first-order valence-corrected chi connectivity index (χ1v) is 10.9. The second kappa shape index (κ2) is 7.24. The van der Waals surface area contributed by atoms with Crippen LogP contribution in [0.4, 0.5) is 5.69 Å². The number of benzene rings is 2. The Labute approximate surface area is 165 Å². The summed E-state index contributed by atoms with van der Waals surface area (Å²) < 4.78 is 26.6. The molecule has 0 bridgehead atoms. The third-order valence-electron chi connectivity index (χ3n) is 5.46. The van der Waals surface area contributed by atoms with Crippen molar-refractivity contribution in [2.75, 3.05) is 32.1 Å². The molecule has 148 valence electrons. The van der Waals surface area contributed by atoms with Crippen LogP contribution in [-0.2, 0) is 10.0 Å². The maximum Gasteiger partial charge on any atom is 0.242 e. The molecule has 1 fully saturated rings. The minimum Gasteiger partial charge on any atom is -0.394 e. The van der Waals surface area contributed by atoms with Crippen molar-refractivity contribution in [2.45, 2.75) is 23.8 Å². The number of aliphatic hydroxyl groups is 1. The van der Waals surface area contributed by atoms with Gasteiger partial charge in [-0.05, 0) is 43.2 Å². The van der Waals surface area contributed by atoms with E-state index in [1.807, 2.05) is 36.4 Å². The standard InChI is InChI=1S/C21H25N3O3S/c1-23(2)28(26,27)17-9-10-21(24-11-5-7-16(24)14-25)18(13-17)20-12-15-6-3-4-8-19(15)22-20/h3-4,6,8-10,12-13,16,22,25H,5,7,11,14H2,1-2H3/t16-/m1/s1. The summed E-state index contributed by atoms with van der Waals surface area (Å²) in [6.45, 7) is 0.933. The fourth-order valence-electron chi connectivity index (χ4n) is 3.91. The lowest BCUT2D eigenvalue weighted by molar-refractivity contribution is 0.266. The molecule has 1 aliphatic heterocycles. The van der Waals surface area contributed by atoms with Gasteiger partial charge in [-0.2, -0.15) is 0 Å². The molecule has 1 aliphatic rings. The minimum atomic E-state index is -3.55. The van der Waals surface area contributed by atoms with Crippen LogP contribution in [0.5, 0.6) is 0 Å². The van der Waals surface area contributed by atoms with Crippen molar-refractivity contribution in [2.24, 2.45) is 0 Å². The van der Waals surface area contributed by atoms with Gasteiger partial charge in [0.15, 0.2) is 0 Å². The number of aliphatic hydroxyl groups excluding tert-OH is 1. The highest BCUT2D eigenvalue weighted by Gasteiger charge is 2.28. The van der Waals surface area contributed by atoms with Gasteiger partial charge in [-0.15, -0.1) is 0 Å². The molecule has 28 heavy (non-hydrogen) atoms. The summed E-state index contributed by atoms with van der Waals surface area (Å²) in [4.78, 5) is 5.87. The molecule has 1 atom stereocenters.